The predicted molar refractivity (Wildman–Crippen MR) is 139 cm³/mol. The number of epoxide rings is 1. The summed E-state index contributed by atoms with van der Waals surface area (Å²) in [5.41, 5.74) is 0.484. The van der Waals surface area contributed by atoms with Crippen LogP contribution in [0.15, 0.2) is 30.0 Å². The number of rotatable bonds is 7. The molecule has 0 amide bonds. The van der Waals surface area contributed by atoms with Gasteiger partial charge in [0, 0.05) is 37.0 Å². The van der Waals surface area contributed by atoms with Gasteiger partial charge in [0.05, 0.1) is 30.0 Å². The second-order valence-corrected chi connectivity index (χ2v) is 11.9. The van der Waals surface area contributed by atoms with Gasteiger partial charge in [0.25, 0.3) is 0 Å². The third kappa shape index (κ3) is 4.95. The molecule has 13 atom stereocenters. The van der Waals surface area contributed by atoms with Gasteiger partial charge in [-0.3, -0.25) is 0 Å². The third-order valence-electron chi connectivity index (χ3n) is 9.39. The zero-order valence-corrected chi connectivity index (χ0v) is 23.4. The van der Waals surface area contributed by atoms with E-state index in [1.807, 2.05) is 26.8 Å². The first-order valence-corrected chi connectivity index (χ1v) is 13.9. The number of ether oxygens (including phenoxy) is 5. The van der Waals surface area contributed by atoms with Crippen LogP contribution in [0.5, 0.6) is 0 Å². The summed E-state index contributed by atoms with van der Waals surface area (Å²) in [5.74, 6) is -2.02. The van der Waals surface area contributed by atoms with Crippen LogP contribution in [0.25, 0.3) is 0 Å². The quantitative estimate of drug-likeness (QED) is 0.267. The van der Waals surface area contributed by atoms with Gasteiger partial charge >= 0.3 is 11.9 Å². The number of aliphatic hydroxyl groups is 2. The molecule has 3 aliphatic heterocycles. The van der Waals surface area contributed by atoms with E-state index in [0.29, 0.717) is 18.5 Å². The highest BCUT2D eigenvalue weighted by atomic mass is 16.6. The van der Waals surface area contributed by atoms with Crippen molar-refractivity contribution in [2.75, 3.05) is 7.11 Å². The van der Waals surface area contributed by atoms with Crippen molar-refractivity contribution in [2.45, 2.75) is 102 Å². The van der Waals surface area contributed by atoms with E-state index in [4.69, 9.17) is 23.7 Å². The fourth-order valence-electron chi connectivity index (χ4n) is 7.04. The molecule has 2 bridgehead atoms. The van der Waals surface area contributed by atoms with E-state index in [1.165, 1.54) is 7.11 Å². The molecule has 2 saturated heterocycles. The minimum absolute atomic E-state index is 0.0732. The van der Waals surface area contributed by atoms with E-state index in [-0.39, 0.29) is 30.0 Å². The first-order chi connectivity index (χ1) is 18.5. The van der Waals surface area contributed by atoms with Gasteiger partial charge in [-0.05, 0) is 51.3 Å². The molecule has 0 unspecified atom stereocenters. The number of carbonyl (C=O) groups is 2. The zero-order valence-electron chi connectivity index (χ0n) is 23.4. The van der Waals surface area contributed by atoms with E-state index in [0.717, 1.165) is 5.57 Å². The van der Waals surface area contributed by atoms with Crippen molar-refractivity contribution in [3.05, 3.63) is 35.7 Å². The van der Waals surface area contributed by atoms with Crippen molar-refractivity contribution >= 4 is 11.9 Å². The van der Waals surface area contributed by atoms with E-state index >= 15 is 0 Å². The summed E-state index contributed by atoms with van der Waals surface area (Å²) in [6, 6.07) is 3.37. The average Bonchev–Trinajstić information content (AvgIpc) is 3.32. The topological polar surface area (TPSA) is 140 Å². The number of aliphatic hydroxyl groups excluding tert-OH is 2. The van der Waals surface area contributed by atoms with Crippen LogP contribution in [0.1, 0.15) is 57.9 Å². The molecule has 1 spiro atoms. The summed E-state index contributed by atoms with van der Waals surface area (Å²) < 4.78 is 30.6. The Balaban J connectivity index is 1.54. The van der Waals surface area contributed by atoms with Crippen molar-refractivity contribution in [3.63, 3.8) is 0 Å². The number of nitrogens with one attached hydrogen (secondary N) is 1. The molecule has 5 rings (SSSR count). The molecule has 3 fully saturated rings. The van der Waals surface area contributed by atoms with E-state index in [1.54, 1.807) is 32.2 Å². The maximum Gasteiger partial charge on any atom is 0.355 e. The van der Waals surface area contributed by atoms with E-state index in [2.05, 4.69) is 4.98 Å². The largest absolute Gasteiger partial charge is 0.457 e. The molecule has 39 heavy (non-hydrogen) atoms. The van der Waals surface area contributed by atoms with Gasteiger partial charge in [0.1, 0.15) is 24.0 Å². The second-order valence-electron chi connectivity index (χ2n) is 11.9. The summed E-state index contributed by atoms with van der Waals surface area (Å²) in [7, 11) is 1.48. The van der Waals surface area contributed by atoms with Crippen LogP contribution in [-0.2, 0) is 28.5 Å². The average molecular weight is 548 g/mol. The van der Waals surface area contributed by atoms with Crippen molar-refractivity contribution in [3.8, 4) is 0 Å². The van der Waals surface area contributed by atoms with Gasteiger partial charge in [-0.1, -0.05) is 19.9 Å². The Kier molecular flexibility index (Phi) is 7.71. The third-order valence-corrected chi connectivity index (χ3v) is 9.39. The Hall–Kier alpha value is -2.24. The summed E-state index contributed by atoms with van der Waals surface area (Å²) >= 11 is 0. The van der Waals surface area contributed by atoms with Crippen molar-refractivity contribution < 1.29 is 43.5 Å². The highest BCUT2D eigenvalue weighted by Crippen LogP contribution is 2.62. The van der Waals surface area contributed by atoms with Crippen molar-refractivity contribution in [1.29, 1.82) is 0 Å². The van der Waals surface area contributed by atoms with Crippen molar-refractivity contribution in [2.24, 2.45) is 23.7 Å². The van der Waals surface area contributed by atoms with Gasteiger partial charge in [-0.25, -0.2) is 9.59 Å². The molecule has 10 heteroatoms. The summed E-state index contributed by atoms with van der Waals surface area (Å²) in [6.07, 6.45) is -0.146. The number of hydrogen-bond donors (Lipinski definition) is 3. The van der Waals surface area contributed by atoms with Gasteiger partial charge in [0.15, 0.2) is 6.10 Å². The first kappa shape index (κ1) is 28.3. The summed E-state index contributed by atoms with van der Waals surface area (Å²) in [5, 5.41) is 21.0. The SMILES string of the molecule is CO[C@H]1C[C@H]2[C@@H]3O[C@@H]3[C@@H]3C[C@]2(O[C@H]3[C@H](OC(=O)c2ccc[nH]2)[C@H](C)[C@H](C)O)/C(C)=C/[C@@H](C)[C@@H]([C@@H](C)O)OC1=O. The standard InChI is InChI=1S/C29H41NO9/c1-13-10-14(2)29-12-18(24-26(36-24)19(29)11-21(35-6)28(34)37-22(13)17(5)32)25(39-29)23(15(3)16(4)31)38-27(33)20-8-7-9-30-20/h7-10,13,15-19,21-26,30-32H,11-12H2,1-6H3/b14-10+/t13-,15-,16+,17-,18+,19+,21+,22+,23-,24-,25-,26+,29+/m1/s1. The Labute approximate surface area is 229 Å². The number of esters is 2. The molecule has 10 nitrogen and oxygen atoms in total. The monoisotopic (exact) mass is 547 g/mol. The number of fused-ring (bicyclic) bond motifs is 4. The summed E-state index contributed by atoms with van der Waals surface area (Å²) in [6.45, 7) is 9.05. The lowest BCUT2D eigenvalue weighted by Crippen LogP contribution is -2.50. The van der Waals surface area contributed by atoms with Gasteiger partial charge in [-0.2, -0.15) is 0 Å². The highest BCUT2D eigenvalue weighted by Gasteiger charge is 2.71. The van der Waals surface area contributed by atoms with Crippen LogP contribution in [0, 0.1) is 23.7 Å². The summed E-state index contributed by atoms with van der Waals surface area (Å²) in [4.78, 5) is 29.1. The molecular formula is C29H41NO9. The normalized spacial score (nSPS) is 42.1. The highest BCUT2D eigenvalue weighted by molar-refractivity contribution is 5.87. The molecular weight excluding hydrogens is 506 g/mol. The van der Waals surface area contributed by atoms with Crippen LogP contribution in [0.3, 0.4) is 0 Å². The molecule has 4 heterocycles. The first-order valence-electron chi connectivity index (χ1n) is 13.9. The molecule has 3 N–H and O–H groups in total. The second kappa shape index (κ2) is 10.6. The molecule has 0 radical (unpaired) electrons. The van der Waals surface area contributed by atoms with Crippen LogP contribution in [0.2, 0.25) is 0 Å². The van der Waals surface area contributed by atoms with Gasteiger partial charge in [-0.15, -0.1) is 0 Å². The predicted octanol–water partition coefficient (Wildman–Crippen LogP) is 2.39. The molecule has 1 saturated carbocycles. The number of aromatic nitrogens is 1. The van der Waals surface area contributed by atoms with Crippen LogP contribution in [-0.4, -0.2) is 88.7 Å². The fraction of sp³-hybridized carbons (Fsp3) is 0.724. The van der Waals surface area contributed by atoms with Crippen LogP contribution < -0.4 is 0 Å². The number of aromatic amines is 1. The minimum Gasteiger partial charge on any atom is -0.457 e. The Morgan fingerprint density at radius 2 is 1.95 bits per heavy atom. The Morgan fingerprint density at radius 1 is 1.21 bits per heavy atom. The van der Waals surface area contributed by atoms with Crippen LogP contribution in [0.4, 0.5) is 0 Å². The molecule has 216 valence electrons. The van der Waals surface area contributed by atoms with Gasteiger partial charge in [0.2, 0.25) is 0 Å². The van der Waals surface area contributed by atoms with Gasteiger partial charge < -0.3 is 38.9 Å². The lowest BCUT2D eigenvalue weighted by atomic mass is 9.66. The maximum absolute atomic E-state index is 13.1. The maximum atomic E-state index is 13.1. The number of H-pyrrole nitrogens is 1. The van der Waals surface area contributed by atoms with Crippen molar-refractivity contribution in [1.82, 2.24) is 4.98 Å². The Bertz CT molecular complexity index is 1080. The molecule has 1 aromatic heterocycles. The Morgan fingerprint density at radius 3 is 2.56 bits per heavy atom. The van der Waals surface area contributed by atoms with E-state index in [9.17, 15) is 19.8 Å². The number of hydrogen-bond acceptors (Lipinski definition) is 9. The fourth-order valence-corrected chi connectivity index (χ4v) is 7.04. The van der Waals surface area contributed by atoms with Crippen LogP contribution >= 0.6 is 0 Å². The zero-order chi connectivity index (χ0) is 28.2. The number of carbonyl (C=O) groups excluding carboxylic acids is 2. The number of methoxy groups -OCH3 is 1. The molecule has 0 aromatic carbocycles. The lowest BCUT2D eigenvalue weighted by Gasteiger charge is -2.42. The van der Waals surface area contributed by atoms with E-state index < -0.39 is 60.1 Å². The molecule has 1 aromatic rings. The molecule has 4 aliphatic rings. The molecule has 1 aliphatic carbocycles. The number of cyclic esters (lactones) is 1. The minimum atomic E-state index is -0.880. The smallest absolute Gasteiger partial charge is 0.355 e. The lowest BCUT2D eigenvalue weighted by molar-refractivity contribution is -0.173.